The Morgan fingerprint density at radius 1 is 1.29 bits per heavy atom. The Bertz CT molecular complexity index is 519. The zero-order valence-electron chi connectivity index (χ0n) is 15.5. The van der Waals surface area contributed by atoms with Gasteiger partial charge in [0.15, 0.2) is 11.8 Å². The van der Waals surface area contributed by atoms with Crippen LogP contribution in [-0.2, 0) is 18.3 Å². The van der Waals surface area contributed by atoms with Gasteiger partial charge in [-0.25, -0.2) is 4.99 Å². The minimum absolute atomic E-state index is 0.510. The molecule has 7 nitrogen and oxygen atoms in total. The van der Waals surface area contributed by atoms with Crippen LogP contribution in [0.5, 0.6) is 0 Å². The van der Waals surface area contributed by atoms with E-state index in [0.29, 0.717) is 12.6 Å². The third kappa shape index (κ3) is 5.78. The summed E-state index contributed by atoms with van der Waals surface area (Å²) >= 11 is 0. The van der Waals surface area contributed by atoms with Crippen LogP contribution in [0.2, 0.25) is 0 Å². The number of nitrogens with one attached hydrogen (secondary N) is 2. The molecule has 0 bridgehead atoms. The first kappa shape index (κ1) is 18.7. The molecule has 7 heteroatoms. The van der Waals surface area contributed by atoms with Crippen LogP contribution in [0.15, 0.2) is 4.99 Å². The fourth-order valence-electron chi connectivity index (χ4n) is 2.91. The Hall–Kier alpha value is -1.63. The summed E-state index contributed by atoms with van der Waals surface area (Å²) in [5.41, 5.74) is 0. The molecule has 1 fully saturated rings. The topological polar surface area (TPSA) is 76.4 Å². The predicted molar refractivity (Wildman–Crippen MR) is 95.9 cm³/mol. The lowest BCUT2D eigenvalue weighted by Gasteiger charge is -2.28. The molecule has 0 amide bonds. The first-order valence-corrected chi connectivity index (χ1v) is 8.98. The molecule has 0 unspecified atom stereocenters. The molecule has 1 heterocycles. The number of aromatic nitrogens is 3. The summed E-state index contributed by atoms with van der Waals surface area (Å²) in [5.74, 6) is 3.50. The number of hydrogen-bond acceptors (Lipinski definition) is 4. The van der Waals surface area contributed by atoms with Crippen molar-refractivity contribution < 1.29 is 4.74 Å². The normalized spacial score (nSPS) is 21.8. The van der Waals surface area contributed by atoms with Gasteiger partial charge in [0.2, 0.25) is 0 Å². The molecule has 136 valence electrons. The Morgan fingerprint density at radius 2 is 2.04 bits per heavy atom. The molecule has 1 aliphatic rings. The van der Waals surface area contributed by atoms with E-state index in [4.69, 9.17) is 9.73 Å². The molecular weight excluding hydrogens is 304 g/mol. The summed E-state index contributed by atoms with van der Waals surface area (Å²) in [5, 5.41) is 15.3. The summed E-state index contributed by atoms with van der Waals surface area (Å²) in [6.07, 6.45) is 5.96. The van der Waals surface area contributed by atoms with Crippen LogP contribution in [0.1, 0.15) is 50.7 Å². The van der Waals surface area contributed by atoms with Gasteiger partial charge in [0.05, 0.1) is 0 Å². The van der Waals surface area contributed by atoms with Crippen molar-refractivity contribution in [2.24, 2.45) is 18.0 Å². The number of methoxy groups -OCH3 is 1. The van der Waals surface area contributed by atoms with Crippen molar-refractivity contribution >= 4 is 5.96 Å². The van der Waals surface area contributed by atoms with Crippen molar-refractivity contribution in [3.05, 3.63) is 11.6 Å². The quantitative estimate of drug-likeness (QED) is 0.451. The molecule has 24 heavy (non-hydrogen) atoms. The molecule has 1 aliphatic carbocycles. The molecule has 2 N–H and O–H groups in total. The van der Waals surface area contributed by atoms with E-state index in [2.05, 4.69) is 27.8 Å². The number of ether oxygens (including phenoxy) is 1. The van der Waals surface area contributed by atoms with Crippen LogP contribution < -0.4 is 10.6 Å². The van der Waals surface area contributed by atoms with Gasteiger partial charge in [0, 0.05) is 33.4 Å². The van der Waals surface area contributed by atoms with E-state index in [9.17, 15) is 0 Å². The second-order valence-corrected chi connectivity index (χ2v) is 6.76. The van der Waals surface area contributed by atoms with Gasteiger partial charge in [-0.05, 0) is 44.9 Å². The molecule has 0 aromatic carbocycles. The zero-order valence-corrected chi connectivity index (χ0v) is 15.5. The summed E-state index contributed by atoms with van der Waals surface area (Å²) in [7, 11) is 3.70. The van der Waals surface area contributed by atoms with Gasteiger partial charge >= 0.3 is 0 Å². The Morgan fingerprint density at radius 3 is 2.67 bits per heavy atom. The third-order valence-electron chi connectivity index (χ3n) is 4.74. The molecule has 1 aromatic heterocycles. The Kier molecular flexibility index (Phi) is 7.49. The van der Waals surface area contributed by atoms with E-state index in [0.717, 1.165) is 43.1 Å². The van der Waals surface area contributed by atoms with Crippen LogP contribution in [0.4, 0.5) is 0 Å². The van der Waals surface area contributed by atoms with Crippen molar-refractivity contribution in [2.45, 2.75) is 58.5 Å². The first-order valence-electron chi connectivity index (χ1n) is 8.98. The highest BCUT2D eigenvalue weighted by molar-refractivity contribution is 5.80. The highest BCUT2D eigenvalue weighted by Crippen LogP contribution is 2.23. The molecule has 0 saturated heterocycles. The second kappa shape index (κ2) is 9.61. The highest BCUT2D eigenvalue weighted by atomic mass is 16.5. The lowest BCUT2D eigenvalue weighted by atomic mass is 9.87. The molecule has 0 spiro atoms. The molecule has 2 rings (SSSR count). The van der Waals surface area contributed by atoms with Gasteiger partial charge in [0.25, 0.3) is 0 Å². The van der Waals surface area contributed by atoms with Crippen molar-refractivity contribution in [1.82, 2.24) is 25.4 Å². The van der Waals surface area contributed by atoms with Crippen molar-refractivity contribution in [3.8, 4) is 0 Å². The number of aliphatic imine (C=N–C) groups is 1. The minimum Gasteiger partial charge on any atom is -0.385 e. The Balaban J connectivity index is 1.93. The number of guanidine groups is 1. The molecular formula is C17H32N6O. The maximum absolute atomic E-state index is 5.11. The van der Waals surface area contributed by atoms with Crippen LogP contribution in [0.25, 0.3) is 0 Å². The van der Waals surface area contributed by atoms with E-state index < -0.39 is 0 Å². The van der Waals surface area contributed by atoms with Gasteiger partial charge in [-0.15, -0.1) is 10.2 Å². The van der Waals surface area contributed by atoms with Crippen molar-refractivity contribution in [2.75, 3.05) is 20.3 Å². The SMILES string of the molecule is COCCCNC(=NCc1nnc(C)n1C)NC1CCC(C)CC1. The van der Waals surface area contributed by atoms with Gasteiger partial charge < -0.3 is 19.9 Å². The number of hydrogen-bond donors (Lipinski definition) is 2. The fourth-order valence-corrected chi connectivity index (χ4v) is 2.91. The zero-order chi connectivity index (χ0) is 17.4. The second-order valence-electron chi connectivity index (χ2n) is 6.76. The largest absolute Gasteiger partial charge is 0.385 e. The summed E-state index contributed by atoms with van der Waals surface area (Å²) < 4.78 is 7.09. The van der Waals surface area contributed by atoms with E-state index in [1.807, 2.05) is 18.5 Å². The van der Waals surface area contributed by atoms with Crippen molar-refractivity contribution in [1.29, 1.82) is 0 Å². The summed E-state index contributed by atoms with van der Waals surface area (Å²) in [4.78, 5) is 4.71. The first-order chi connectivity index (χ1) is 11.6. The van der Waals surface area contributed by atoms with E-state index in [-0.39, 0.29) is 0 Å². The molecule has 0 radical (unpaired) electrons. The average molecular weight is 336 g/mol. The Labute approximate surface area is 145 Å². The smallest absolute Gasteiger partial charge is 0.191 e. The summed E-state index contributed by atoms with van der Waals surface area (Å²) in [6, 6.07) is 0.510. The van der Waals surface area contributed by atoms with Gasteiger partial charge in [-0.2, -0.15) is 0 Å². The number of aryl methyl sites for hydroxylation is 1. The van der Waals surface area contributed by atoms with Crippen LogP contribution >= 0.6 is 0 Å². The summed E-state index contributed by atoms with van der Waals surface area (Å²) in [6.45, 7) is 6.42. The lowest BCUT2D eigenvalue weighted by Crippen LogP contribution is -2.45. The molecule has 1 saturated carbocycles. The van der Waals surface area contributed by atoms with E-state index >= 15 is 0 Å². The molecule has 0 aliphatic heterocycles. The monoisotopic (exact) mass is 336 g/mol. The fraction of sp³-hybridized carbons (Fsp3) is 0.824. The van der Waals surface area contributed by atoms with Gasteiger partial charge in [-0.1, -0.05) is 6.92 Å². The standard InChI is InChI=1S/C17H32N6O/c1-13-6-8-15(9-7-13)20-17(18-10-5-11-24-4)19-12-16-22-21-14(2)23(16)3/h13,15H,5-12H2,1-4H3,(H2,18,19,20). The minimum atomic E-state index is 0.510. The lowest BCUT2D eigenvalue weighted by molar-refractivity contribution is 0.195. The van der Waals surface area contributed by atoms with E-state index in [1.165, 1.54) is 25.7 Å². The van der Waals surface area contributed by atoms with Crippen LogP contribution in [-0.4, -0.2) is 47.0 Å². The van der Waals surface area contributed by atoms with Gasteiger partial charge in [-0.3, -0.25) is 0 Å². The number of nitrogens with zero attached hydrogens (tertiary/aromatic N) is 4. The number of rotatable bonds is 7. The van der Waals surface area contributed by atoms with Gasteiger partial charge in [0.1, 0.15) is 12.4 Å². The van der Waals surface area contributed by atoms with Crippen LogP contribution in [0.3, 0.4) is 0 Å². The maximum Gasteiger partial charge on any atom is 0.191 e. The predicted octanol–water partition coefficient (Wildman–Crippen LogP) is 1.77. The third-order valence-corrected chi connectivity index (χ3v) is 4.74. The highest BCUT2D eigenvalue weighted by Gasteiger charge is 2.19. The van der Waals surface area contributed by atoms with Crippen LogP contribution in [0, 0.1) is 12.8 Å². The van der Waals surface area contributed by atoms with E-state index in [1.54, 1.807) is 7.11 Å². The van der Waals surface area contributed by atoms with Crippen molar-refractivity contribution in [3.63, 3.8) is 0 Å². The molecule has 1 aromatic rings. The average Bonchev–Trinajstić information content (AvgIpc) is 2.90. The molecule has 0 atom stereocenters. The maximum atomic E-state index is 5.11.